The van der Waals surface area contributed by atoms with Crippen LogP contribution in [-0.4, -0.2) is 38.5 Å². The number of hydrogen-bond donors (Lipinski definition) is 1. The normalized spacial score (nSPS) is 20.4. The van der Waals surface area contributed by atoms with E-state index in [4.69, 9.17) is 16.3 Å². The Hall–Kier alpha value is -2.72. The highest BCUT2D eigenvalue weighted by Gasteiger charge is 2.67. The SMILES string of the molecule is COC(=O)c1ccccc1C1CC1(C(=O)O)N(c1ccc(-c2ccc(Cl)cc2)s1)S(=O)[O-]. The average molecular weight is 491 g/mol. The molecule has 0 saturated heterocycles. The molecule has 0 bridgehead atoms. The predicted molar refractivity (Wildman–Crippen MR) is 122 cm³/mol. The molecule has 2 aromatic carbocycles. The third kappa shape index (κ3) is 3.81. The summed E-state index contributed by atoms with van der Waals surface area (Å²) in [7, 11) is 1.24. The van der Waals surface area contributed by atoms with E-state index >= 15 is 0 Å². The van der Waals surface area contributed by atoms with Gasteiger partial charge in [-0.3, -0.25) is 8.51 Å². The zero-order valence-electron chi connectivity index (χ0n) is 16.7. The van der Waals surface area contributed by atoms with E-state index in [0.29, 0.717) is 10.6 Å². The van der Waals surface area contributed by atoms with Crippen molar-refractivity contribution in [1.29, 1.82) is 0 Å². The molecule has 1 heterocycles. The summed E-state index contributed by atoms with van der Waals surface area (Å²) in [6.45, 7) is 0. The Morgan fingerprint density at radius 1 is 1.19 bits per heavy atom. The number of nitrogens with zero attached hydrogens (tertiary/aromatic N) is 1. The summed E-state index contributed by atoms with van der Waals surface area (Å²) in [6.07, 6.45) is 0.0263. The van der Waals surface area contributed by atoms with Gasteiger partial charge in [-0.1, -0.05) is 41.9 Å². The maximum atomic E-state index is 12.4. The van der Waals surface area contributed by atoms with E-state index in [1.54, 1.807) is 54.6 Å². The van der Waals surface area contributed by atoms with Gasteiger partial charge in [0.1, 0.15) is 5.00 Å². The van der Waals surface area contributed by atoms with Crippen molar-refractivity contribution in [3.05, 3.63) is 76.8 Å². The summed E-state index contributed by atoms with van der Waals surface area (Å²) >= 11 is 4.23. The number of benzene rings is 2. The molecular weight excluding hydrogens is 474 g/mol. The van der Waals surface area contributed by atoms with E-state index in [0.717, 1.165) is 26.1 Å². The molecule has 1 aromatic heterocycles. The minimum atomic E-state index is -2.87. The number of rotatable bonds is 7. The molecule has 0 spiro atoms. The van der Waals surface area contributed by atoms with Crippen LogP contribution in [0.3, 0.4) is 0 Å². The quantitative estimate of drug-likeness (QED) is 0.387. The third-order valence-corrected chi connectivity index (χ3v) is 7.78. The number of carbonyl (C=O) groups is 2. The minimum absolute atomic E-state index is 0.0263. The highest BCUT2D eigenvalue weighted by molar-refractivity contribution is 7.81. The number of methoxy groups -OCH3 is 1. The Bertz CT molecular complexity index is 1210. The largest absolute Gasteiger partial charge is 0.755 e. The van der Waals surface area contributed by atoms with Crippen molar-refractivity contribution in [3.8, 4) is 10.4 Å². The first-order chi connectivity index (χ1) is 15.3. The van der Waals surface area contributed by atoms with E-state index in [2.05, 4.69) is 0 Å². The van der Waals surface area contributed by atoms with Crippen molar-refractivity contribution < 1.29 is 28.2 Å². The summed E-state index contributed by atoms with van der Waals surface area (Å²) < 4.78 is 30.3. The van der Waals surface area contributed by atoms with Gasteiger partial charge in [-0.15, -0.1) is 11.3 Å². The first-order valence-electron chi connectivity index (χ1n) is 9.45. The van der Waals surface area contributed by atoms with Gasteiger partial charge < -0.3 is 14.4 Å². The van der Waals surface area contributed by atoms with Crippen LogP contribution >= 0.6 is 22.9 Å². The molecule has 166 valence electrons. The number of esters is 1. The van der Waals surface area contributed by atoms with E-state index < -0.39 is 34.7 Å². The molecule has 0 aliphatic heterocycles. The lowest BCUT2D eigenvalue weighted by Crippen LogP contribution is -2.46. The number of aliphatic carboxylic acids is 1. The van der Waals surface area contributed by atoms with Gasteiger partial charge in [-0.2, -0.15) is 0 Å². The van der Waals surface area contributed by atoms with Crippen LogP contribution in [0.2, 0.25) is 5.02 Å². The van der Waals surface area contributed by atoms with Crippen LogP contribution in [-0.2, 0) is 20.8 Å². The second-order valence-corrected chi connectivity index (χ2v) is 9.52. The van der Waals surface area contributed by atoms with Crippen molar-refractivity contribution in [3.63, 3.8) is 0 Å². The van der Waals surface area contributed by atoms with Crippen molar-refractivity contribution in [2.75, 3.05) is 11.4 Å². The van der Waals surface area contributed by atoms with Crippen LogP contribution in [0.25, 0.3) is 10.4 Å². The second-order valence-electron chi connectivity index (χ2n) is 7.22. The number of carboxylic acids is 1. The van der Waals surface area contributed by atoms with Gasteiger partial charge in [0.15, 0.2) is 5.54 Å². The van der Waals surface area contributed by atoms with Crippen LogP contribution in [0.1, 0.15) is 28.3 Å². The highest BCUT2D eigenvalue weighted by atomic mass is 35.5. The molecule has 0 radical (unpaired) electrons. The van der Waals surface area contributed by atoms with Gasteiger partial charge in [-0.25, -0.2) is 9.59 Å². The molecule has 1 fully saturated rings. The van der Waals surface area contributed by atoms with Gasteiger partial charge in [0.05, 0.1) is 12.7 Å². The molecular formula is C22H17ClNO6S2-. The van der Waals surface area contributed by atoms with Crippen molar-refractivity contribution >= 4 is 51.1 Å². The minimum Gasteiger partial charge on any atom is -0.755 e. The van der Waals surface area contributed by atoms with Crippen LogP contribution in [0.5, 0.6) is 0 Å². The Kier molecular flexibility index (Phi) is 6.09. The topological polar surface area (TPSA) is 107 Å². The molecule has 4 rings (SSSR count). The molecule has 3 aromatic rings. The fourth-order valence-corrected chi connectivity index (χ4v) is 6.04. The number of hydrogen-bond acceptors (Lipinski definition) is 6. The standard InChI is InChI=1S/C22H18ClNO6S2/c1-30-20(25)16-5-3-2-4-15(16)17-12-22(17,21(26)27)24(32(28)29)19-11-10-18(31-19)13-6-8-14(23)9-7-13/h2-11,17H,12H2,1H3,(H,26,27)(H,28,29)/p-1. The molecule has 1 N–H and O–H groups in total. The summed E-state index contributed by atoms with van der Waals surface area (Å²) in [5, 5.41) is 11.0. The lowest BCUT2D eigenvalue weighted by molar-refractivity contribution is -0.139. The first-order valence-corrected chi connectivity index (χ1v) is 11.7. The van der Waals surface area contributed by atoms with E-state index in [1.165, 1.54) is 13.2 Å². The zero-order valence-corrected chi connectivity index (χ0v) is 19.1. The number of anilines is 1. The fourth-order valence-electron chi connectivity index (χ4n) is 3.87. The lowest BCUT2D eigenvalue weighted by Gasteiger charge is -2.32. The van der Waals surface area contributed by atoms with Crippen LogP contribution in [0.4, 0.5) is 5.00 Å². The number of carbonyl (C=O) groups excluding carboxylic acids is 1. The first kappa shape index (κ1) is 22.5. The molecule has 0 amide bonds. The molecule has 10 heteroatoms. The summed E-state index contributed by atoms with van der Waals surface area (Å²) in [6, 6.07) is 16.8. The van der Waals surface area contributed by atoms with Crippen LogP contribution in [0, 0.1) is 0 Å². The smallest absolute Gasteiger partial charge is 0.338 e. The Labute approximate surface area is 195 Å². The Morgan fingerprint density at radius 3 is 2.50 bits per heavy atom. The van der Waals surface area contributed by atoms with E-state index in [9.17, 15) is 23.5 Å². The molecule has 3 atom stereocenters. The number of carboxylic acid groups (broad SMARTS) is 1. The third-order valence-electron chi connectivity index (χ3n) is 5.48. The summed E-state index contributed by atoms with van der Waals surface area (Å²) in [5.74, 6) is -2.61. The maximum absolute atomic E-state index is 12.4. The summed E-state index contributed by atoms with van der Waals surface area (Å²) in [4.78, 5) is 25.4. The van der Waals surface area contributed by atoms with Crippen molar-refractivity contribution in [2.24, 2.45) is 0 Å². The van der Waals surface area contributed by atoms with Gasteiger partial charge in [0.2, 0.25) is 0 Å². The van der Waals surface area contributed by atoms with Crippen molar-refractivity contribution in [2.45, 2.75) is 17.9 Å². The summed E-state index contributed by atoms with van der Waals surface area (Å²) in [5.41, 5.74) is -0.256. The monoisotopic (exact) mass is 490 g/mol. The molecule has 3 unspecified atom stereocenters. The Balaban J connectivity index is 1.75. The molecule has 1 aliphatic carbocycles. The number of halogens is 1. The highest BCUT2D eigenvalue weighted by Crippen LogP contribution is 2.59. The van der Waals surface area contributed by atoms with E-state index in [-0.39, 0.29) is 17.0 Å². The van der Waals surface area contributed by atoms with Crippen molar-refractivity contribution in [1.82, 2.24) is 0 Å². The van der Waals surface area contributed by atoms with Gasteiger partial charge in [0.25, 0.3) is 0 Å². The molecule has 1 aliphatic rings. The molecule has 1 saturated carbocycles. The van der Waals surface area contributed by atoms with Gasteiger partial charge in [-0.05, 0) is 47.9 Å². The lowest BCUT2D eigenvalue weighted by atomic mass is 10.00. The molecule has 7 nitrogen and oxygen atoms in total. The van der Waals surface area contributed by atoms with E-state index in [1.807, 2.05) is 0 Å². The van der Waals surface area contributed by atoms with Gasteiger partial charge in [0, 0.05) is 27.1 Å². The van der Waals surface area contributed by atoms with Crippen LogP contribution < -0.4 is 4.31 Å². The van der Waals surface area contributed by atoms with Gasteiger partial charge >= 0.3 is 11.9 Å². The van der Waals surface area contributed by atoms with Crippen LogP contribution in [0.15, 0.2) is 60.7 Å². The number of thiophene rings is 1. The molecule has 32 heavy (non-hydrogen) atoms. The predicted octanol–water partition coefficient (Wildman–Crippen LogP) is 4.47. The second kappa shape index (κ2) is 8.67. The average Bonchev–Trinajstić information content (AvgIpc) is 3.34. The zero-order chi connectivity index (χ0) is 23.0. The number of ether oxygens (including phenoxy) is 1. The Morgan fingerprint density at radius 2 is 1.88 bits per heavy atom. The maximum Gasteiger partial charge on any atom is 0.338 e. The fraction of sp³-hybridized carbons (Fsp3) is 0.182.